The lowest BCUT2D eigenvalue weighted by Gasteiger charge is -2.38. The number of rotatable bonds is 24. The minimum absolute atomic E-state index is 0.0712. The molecule has 0 spiro atoms. The molecule has 1 N–H and O–H groups in total. The van der Waals surface area contributed by atoms with Crippen molar-refractivity contribution in [3.63, 3.8) is 0 Å². The number of esters is 2. The topological polar surface area (TPSA) is 72.8 Å². The second kappa shape index (κ2) is 25.8. The Kier molecular flexibility index (Phi) is 23.8. The minimum atomic E-state index is -0.352. The lowest BCUT2D eigenvalue weighted by molar-refractivity contribution is -0.159. The third kappa shape index (κ3) is 19.0. The molecule has 3 atom stereocenters. The van der Waals surface area contributed by atoms with Crippen molar-refractivity contribution in [3.8, 4) is 11.5 Å². The van der Waals surface area contributed by atoms with Gasteiger partial charge in [-0.3, -0.25) is 9.59 Å². The summed E-state index contributed by atoms with van der Waals surface area (Å²) in [5.41, 5.74) is 4.23. The van der Waals surface area contributed by atoms with E-state index in [0.717, 1.165) is 98.0 Å². The Hall–Kier alpha value is -2.04. The molecule has 1 aromatic carbocycles. The van der Waals surface area contributed by atoms with Crippen LogP contribution in [0.3, 0.4) is 0 Å². The normalized spacial score (nSPS) is 16.6. The summed E-state index contributed by atoms with van der Waals surface area (Å²) in [6.07, 6.45) is 25.7. The Morgan fingerprint density at radius 2 is 1.16 bits per heavy atom. The van der Waals surface area contributed by atoms with Crippen LogP contribution in [0.4, 0.5) is 0 Å². The van der Waals surface area contributed by atoms with Gasteiger partial charge in [-0.25, -0.2) is 0 Å². The van der Waals surface area contributed by atoms with Crippen LogP contribution >= 0.6 is 0 Å². The highest BCUT2D eigenvalue weighted by Crippen LogP contribution is 2.44. The van der Waals surface area contributed by atoms with Crippen molar-refractivity contribution in [1.29, 1.82) is 0 Å². The maximum atomic E-state index is 11.4. The van der Waals surface area contributed by atoms with Gasteiger partial charge in [0.15, 0.2) is 0 Å². The first-order valence-electron chi connectivity index (χ1n) is 21.0. The first kappa shape index (κ1) is 46.0. The molecule has 1 aliphatic heterocycles. The highest BCUT2D eigenvalue weighted by atomic mass is 16.6. The van der Waals surface area contributed by atoms with E-state index in [-0.39, 0.29) is 17.5 Å². The van der Waals surface area contributed by atoms with E-state index in [1.807, 2.05) is 13.8 Å². The summed E-state index contributed by atoms with van der Waals surface area (Å²) in [6.45, 7) is 22.3. The molecule has 0 saturated heterocycles. The summed E-state index contributed by atoms with van der Waals surface area (Å²) >= 11 is 0. The molecule has 0 aromatic heterocycles. The lowest BCUT2D eigenvalue weighted by atomic mass is 9.84. The highest BCUT2D eigenvalue weighted by Gasteiger charge is 2.34. The fourth-order valence-electron chi connectivity index (χ4n) is 7.25. The number of unbranched alkanes of at least 4 members (excludes halogenated alkanes) is 8. The molecule has 0 amide bonds. The Morgan fingerprint density at radius 1 is 0.680 bits per heavy atom. The summed E-state index contributed by atoms with van der Waals surface area (Å²) in [7, 11) is 0. The molecule has 0 fully saturated rings. The van der Waals surface area contributed by atoms with Crippen molar-refractivity contribution in [2.75, 3.05) is 0 Å². The number of carbonyl (C=O) groups is 2. The van der Waals surface area contributed by atoms with Crippen molar-refractivity contribution in [1.82, 2.24) is 0 Å². The van der Waals surface area contributed by atoms with Gasteiger partial charge in [-0.15, -0.1) is 0 Å². The van der Waals surface area contributed by atoms with Gasteiger partial charge in [0.1, 0.15) is 17.1 Å². The second-order valence-corrected chi connectivity index (χ2v) is 16.6. The van der Waals surface area contributed by atoms with Crippen molar-refractivity contribution >= 4 is 11.9 Å². The number of phenols is 1. The van der Waals surface area contributed by atoms with E-state index in [4.69, 9.17) is 9.47 Å². The SMILES string of the molecule is CCCCCCCC(=O)OC(=O)CCCCCCC.Cc1c(C)c2c(c(C)c1O)CC[C@](C)(CCC[C@H](C)CCC[C@@H](C)CCCC(C)C)O2. The van der Waals surface area contributed by atoms with Crippen LogP contribution in [-0.2, 0) is 20.7 Å². The summed E-state index contributed by atoms with van der Waals surface area (Å²) in [6, 6.07) is 0. The molecule has 0 radical (unpaired) electrons. The predicted octanol–water partition coefficient (Wildman–Crippen LogP) is 13.6. The zero-order valence-corrected chi connectivity index (χ0v) is 34.6. The Morgan fingerprint density at radius 3 is 1.66 bits per heavy atom. The van der Waals surface area contributed by atoms with Crippen molar-refractivity contribution in [3.05, 3.63) is 22.3 Å². The monoisotopic (exact) mass is 701 g/mol. The Labute approximate surface area is 309 Å². The summed E-state index contributed by atoms with van der Waals surface area (Å²) in [4.78, 5) is 22.8. The van der Waals surface area contributed by atoms with E-state index >= 15 is 0 Å². The maximum Gasteiger partial charge on any atom is 0.313 e. The van der Waals surface area contributed by atoms with Crippen LogP contribution in [0.5, 0.6) is 11.5 Å². The van der Waals surface area contributed by atoms with E-state index in [1.165, 1.54) is 82.6 Å². The number of hydrogen-bond donors (Lipinski definition) is 1. The van der Waals surface area contributed by atoms with Crippen molar-refractivity contribution in [2.24, 2.45) is 17.8 Å². The van der Waals surface area contributed by atoms with Crippen LogP contribution in [0.1, 0.15) is 212 Å². The highest BCUT2D eigenvalue weighted by molar-refractivity contribution is 5.85. The van der Waals surface area contributed by atoms with Crippen molar-refractivity contribution in [2.45, 2.75) is 223 Å². The number of ether oxygens (including phenoxy) is 2. The molecule has 50 heavy (non-hydrogen) atoms. The molecule has 0 bridgehead atoms. The zero-order valence-electron chi connectivity index (χ0n) is 34.6. The third-order valence-corrected chi connectivity index (χ3v) is 11.1. The zero-order chi connectivity index (χ0) is 37.5. The van der Waals surface area contributed by atoms with Gasteiger partial charge < -0.3 is 14.6 Å². The Bertz CT molecular complexity index is 1070. The van der Waals surface area contributed by atoms with Crippen LogP contribution in [0, 0.1) is 38.5 Å². The second-order valence-electron chi connectivity index (χ2n) is 16.6. The first-order valence-corrected chi connectivity index (χ1v) is 21.0. The molecule has 1 aromatic rings. The van der Waals surface area contributed by atoms with E-state index in [1.54, 1.807) is 0 Å². The van der Waals surface area contributed by atoms with Gasteiger partial charge in [-0.05, 0) is 101 Å². The van der Waals surface area contributed by atoms with Gasteiger partial charge in [-0.1, -0.05) is 138 Å². The van der Waals surface area contributed by atoms with E-state index in [0.29, 0.717) is 18.6 Å². The van der Waals surface area contributed by atoms with Gasteiger partial charge in [0.25, 0.3) is 0 Å². The number of carbonyl (C=O) groups excluding carboxylic acids is 2. The van der Waals surface area contributed by atoms with Gasteiger partial charge >= 0.3 is 11.9 Å². The Balaban J connectivity index is 0.000000566. The molecular formula is C45H80O5. The fourth-order valence-corrected chi connectivity index (χ4v) is 7.25. The summed E-state index contributed by atoms with van der Waals surface area (Å²) < 4.78 is 11.4. The molecule has 2 rings (SSSR count). The van der Waals surface area contributed by atoms with E-state index < -0.39 is 0 Å². The number of hydrogen-bond acceptors (Lipinski definition) is 5. The van der Waals surface area contributed by atoms with Crippen LogP contribution in [0.15, 0.2) is 0 Å². The van der Waals surface area contributed by atoms with Crippen LogP contribution in [-0.4, -0.2) is 22.6 Å². The summed E-state index contributed by atoms with van der Waals surface area (Å²) in [5, 5.41) is 10.4. The number of benzene rings is 1. The van der Waals surface area contributed by atoms with Crippen LogP contribution in [0.2, 0.25) is 0 Å². The van der Waals surface area contributed by atoms with Gasteiger partial charge in [-0.2, -0.15) is 0 Å². The predicted molar refractivity (Wildman–Crippen MR) is 212 cm³/mol. The summed E-state index contributed by atoms with van der Waals surface area (Å²) in [5.74, 6) is 3.33. The number of phenolic OH excluding ortho intramolecular Hbond substituents is 1. The first-order chi connectivity index (χ1) is 23.7. The molecule has 5 nitrogen and oxygen atoms in total. The smallest absolute Gasteiger partial charge is 0.313 e. The average Bonchev–Trinajstić information content (AvgIpc) is 3.06. The molecular weight excluding hydrogens is 620 g/mol. The third-order valence-electron chi connectivity index (χ3n) is 11.1. The van der Waals surface area contributed by atoms with Gasteiger partial charge in [0.05, 0.1) is 0 Å². The molecule has 1 heterocycles. The van der Waals surface area contributed by atoms with E-state index in [9.17, 15) is 14.7 Å². The molecule has 0 saturated carbocycles. The molecule has 290 valence electrons. The van der Waals surface area contributed by atoms with Gasteiger partial charge in [0, 0.05) is 18.4 Å². The molecule has 5 heteroatoms. The number of aromatic hydroxyl groups is 1. The van der Waals surface area contributed by atoms with Gasteiger partial charge in [0.2, 0.25) is 0 Å². The van der Waals surface area contributed by atoms with Crippen LogP contribution < -0.4 is 4.74 Å². The van der Waals surface area contributed by atoms with Crippen molar-refractivity contribution < 1.29 is 24.2 Å². The average molecular weight is 701 g/mol. The van der Waals surface area contributed by atoms with Crippen LogP contribution in [0.25, 0.3) is 0 Å². The quantitative estimate of drug-likeness (QED) is 0.0660. The fraction of sp³-hybridized carbons (Fsp3) is 0.822. The standard InChI is InChI=1S/C29H50O2.C16H30O3/c1-20(2)12-9-13-21(3)14-10-15-22(4)16-11-18-29(8)19-17-26-25(7)27(30)23(5)24(6)28(26)31-29;1-3-5-7-9-11-13-15(17)19-16(18)14-12-10-8-6-4-2/h20-22,30H,9-19H2,1-8H3;3-14H2,1-2H3/t21-,22+,29-;/m0./s1. The maximum absolute atomic E-state index is 11.4. The molecule has 1 aliphatic rings. The largest absolute Gasteiger partial charge is 0.507 e. The minimum Gasteiger partial charge on any atom is -0.507 e. The molecule has 0 aliphatic carbocycles. The lowest BCUT2D eigenvalue weighted by Crippen LogP contribution is -2.37. The molecule has 0 unspecified atom stereocenters. The van der Waals surface area contributed by atoms with E-state index in [2.05, 4.69) is 55.4 Å². The number of fused-ring (bicyclic) bond motifs is 1.